The van der Waals surface area contributed by atoms with Crippen molar-refractivity contribution in [1.82, 2.24) is 0 Å². The van der Waals surface area contributed by atoms with Crippen LogP contribution in [0.2, 0.25) is 0 Å². The Labute approximate surface area is 215 Å². The summed E-state index contributed by atoms with van der Waals surface area (Å²) in [6, 6.07) is 22.3. The minimum Gasteiger partial charge on any atom is -0.508 e. The molecule has 10 nitrogen and oxygen atoms in total. The third-order valence-corrected chi connectivity index (χ3v) is 5.16. The van der Waals surface area contributed by atoms with E-state index >= 15 is 0 Å². The number of aromatic hydroxyl groups is 1. The molecule has 0 aromatic heterocycles. The van der Waals surface area contributed by atoms with Gasteiger partial charge in [-0.3, -0.25) is 0 Å². The van der Waals surface area contributed by atoms with E-state index in [2.05, 4.69) is 0 Å². The van der Waals surface area contributed by atoms with Crippen molar-refractivity contribution in [1.29, 1.82) is 0 Å². The van der Waals surface area contributed by atoms with Crippen LogP contribution in [0.25, 0.3) is 0 Å². The van der Waals surface area contributed by atoms with Crippen LogP contribution >= 0.6 is 0 Å². The molecule has 0 bridgehead atoms. The van der Waals surface area contributed by atoms with Gasteiger partial charge in [-0.1, -0.05) is 18.2 Å². The molecule has 192 valence electrons. The average Bonchev–Trinajstić information content (AvgIpc) is 2.91. The lowest BCUT2D eigenvalue weighted by molar-refractivity contribution is -0.217. The number of hydrogen-bond acceptors (Lipinski definition) is 8. The highest BCUT2D eigenvalue weighted by molar-refractivity contribution is 6.03. The Morgan fingerprint density at radius 2 is 1.21 bits per heavy atom. The number of benzene rings is 4. The number of aromatic carboxylic acids is 2. The van der Waals surface area contributed by atoms with E-state index in [4.69, 9.17) is 19.2 Å². The molecule has 10 heteroatoms. The van der Waals surface area contributed by atoms with E-state index in [0.29, 0.717) is 22.8 Å². The van der Waals surface area contributed by atoms with Crippen molar-refractivity contribution < 1.29 is 49.0 Å². The van der Waals surface area contributed by atoms with Crippen LogP contribution in [0.15, 0.2) is 91.0 Å². The molecule has 0 aliphatic heterocycles. The largest absolute Gasteiger partial charge is 0.508 e. The molecule has 0 heterocycles. The zero-order valence-corrected chi connectivity index (χ0v) is 19.6. The molecule has 0 saturated carbocycles. The molecule has 4 aromatic rings. The van der Waals surface area contributed by atoms with Crippen LogP contribution in [0.4, 0.5) is 0 Å². The lowest BCUT2D eigenvalue weighted by atomic mass is 10.1. The Balaban J connectivity index is 1.31. The van der Waals surface area contributed by atoms with Crippen molar-refractivity contribution in [3.63, 3.8) is 0 Å². The van der Waals surface area contributed by atoms with E-state index in [-0.39, 0.29) is 34.8 Å². The standard InChI is InChI=1S/C28H20O10/c29-18-5-14-24(25(15-18)27(32)33)28(34)37-21-8-6-19(7-9-21)36-20-10-12-22(13-11-20)38-35-16-17-3-1-2-4-23(17)26(30)31/h1-15,29H,16H2,(H,30,31)(H,32,33). The van der Waals surface area contributed by atoms with E-state index in [1.165, 1.54) is 30.3 Å². The molecule has 4 aromatic carbocycles. The van der Waals surface area contributed by atoms with Crippen molar-refractivity contribution in [3.8, 4) is 28.7 Å². The van der Waals surface area contributed by atoms with Gasteiger partial charge in [0.15, 0.2) is 5.75 Å². The van der Waals surface area contributed by atoms with Crippen LogP contribution in [0, 0.1) is 0 Å². The van der Waals surface area contributed by atoms with Gasteiger partial charge < -0.3 is 29.7 Å². The van der Waals surface area contributed by atoms with Crippen LogP contribution in [0.5, 0.6) is 28.7 Å². The van der Waals surface area contributed by atoms with E-state index in [1.54, 1.807) is 54.6 Å². The summed E-state index contributed by atoms with van der Waals surface area (Å²) in [4.78, 5) is 45.4. The van der Waals surface area contributed by atoms with Crippen molar-refractivity contribution >= 4 is 17.9 Å². The third kappa shape index (κ3) is 6.45. The second-order valence-corrected chi connectivity index (χ2v) is 7.78. The molecule has 0 unspecified atom stereocenters. The maximum atomic E-state index is 12.4. The number of ether oxygens (including phenoxy) is 2. The first kappa shape index (κ1) is 25.7. The normalized spacial score (nSPS) is 10.4. The van der Waals surface area contributed by atoms with Crippen molar-refractivity contribution in [2.75, 3.05) is 0 Å². The molecule has 0 radical (unpaired) electrons. The SMILES string of the molecule is O=C(O)c1ccccc1COOc1ccc(Oc2ccc(OC(=O)c3ccc(O)cc3C(=O)O)cc2)cc1. The van der Waals surface area contributed by atoms with Gasteiger partial charge in [-0.2, -0.15) is 4.89 Å². The van der Waals surface area contributed by atoms with Crippen LogP contribution in [0.1, 0.15) is 36.6 Å². The molecule has 0 atom stereocenters. The van der Waals surface area contributed by atoms with Gasteiger partial charge in [0, 0.05) is 0 Å². The first-order valence-electron chi connectivity index (χ1n) is 11.1. The van der Waals surface area contributed by atoms with Crippen LogP contribution in [-0.4, -0.2) is 33.2 Å². The number of phenols is 1. The van der Waals surface area contributed by atoms with Gasteiger partial charge in [-0.05, 0) is 78.4 Å². The van der Waals surface area contributed by atoms with Crippen LogP contribution < -0.4 is 14.4 Å². The third-order valence-electron chi connectivity index (χ3n) is 5.16. The minimum atomic E-state index is -1.37. The van der Waals surface area contributed by atoms with Gasteiger partial charge in [-0.25, -0.2) is 14.4 Å². The van der Waals surface area contributed by atoms with Gasteiger partial charge in [0.1, 0.15) is 29.6 Å². The van der Waals surface area contributed by atoms with E-state index in [0.717, 1.165) is 6.07 Å². The summed E-state index contributed by atoms with van der Waals surface area (Å²) in [5, 5.41) is 27.9. The van der Waals surface area contributed by atoms with Gasteiger partial charge in [0.05, 0.1) is 16.7 Å². The molecular weight excluding hydrogens is 496 g/mol. The first-order chi connectivity index (χ1) is 18.3. The van der Waals surface area contributed by atoms with Crippen molar-refractivity contribution in [2.24, 2.45) is 0 Å². The summed E-state index contributed by atoms with van der Waals surface area (Å²) in [7, 11) is 0. The zero-order chi connectivity index (χ0) is 27.1. The van der Waals surface area contributed by atoms with Crippen LogP contribution in [0.3, 0.4) is 0 Å². The predicted molar refractivity (Wildman–Crippen MR) is 132 cm³/mol. The number of esters is 1. The molecule has 0 fully saturated rings. The van der Waals surface area contributed by atoms with E-state index in [1.807, 2.05) is 0 Å². The minimum absolute atomic E-state index is 0.0536. The van der Waals surface area contributed by atoms with Gasteiger partial charge >= 0.3 is 17.9 Å². The number of carboxylic acids is 2. The number of carboxylic acid groups (broad SMARTS) is 2. The zero-order valence-electron chi connectivity index (χ0n) is 19.6. The van der Waals surface area contributed by atoms with Crippen molar-refractivity contribution in [2.45, 2.75) is 6.61 Å². The number of phenolic OH excluding ortho intramolecular Hbond substituents is 1. The second kappa shape index (κ2) is 11.6. The molecule has 0 spiro atoms. The lowest BCUT2D eigenvalue weighted by Crippen LogP contribution is -2.14. The number of rotatable bonds is 10. The summed E-state index contributed by atoms with van der Waals surface area (Å²) < 4.78 is 11.0. The Morgan fingerprint density at radius 3 is 1.84 bits per heavy atom. The maximum Gasteiger partial charge on any atom is 0.344 e. The van der Waals surface area contributed by atoms with Crippen molar-refractivity contribution in [3.05, 3.63) is 113 Å². The average molecular weight is 516 g/mol. The molecule has 4 rings (SSSR count). The first-order valence-corrected chi connectivity index (χ1v) is 11.1. The van der Waals surface area contributed by atoms with Gasteiger partial charge in [-0.15, -0.1) is 0 Å². The Kier molecular flexibility index (Phi) is 7.85. The number of hydrogen-bond donors (Lipinski definition) is 3. The van der Waals surface area contributed by atoms with E-state index in [9.17, 15) is 29.7 Å². The summed E-state index contributed by atoms with van der Waals surface area (Å²) in [5.41, 5.74) is 0.0244. The predicted octanol–water partition coefficient (Wildman–Crippen LogP) is 5.31. The van der Waals surface area contributed by atoms with Gasteiger partial charge in [0.25, 0.3) is 0 Å². The molecule has 38 heavy (non-hydrogen) atoms. The second-order valence-electron chi connectivity index (χ2n) is 7.78. The highest BCUT2D eigenvalue weighted by Crippen LogP contribution is 2.27. The fourth-order valence-electron chi connectivity index (χ4n) is 3.34. The smallest absolute Gasteiger partial charge is 0.344 e. The Morgan fingerprint density at radius 1 is 0.632 bits per heavy atom. The lowest BCUT2D eigenvalue weighted by Gasteiger charge is -2.10. The summed E-state index contributed by atoms with van der Waals surface area (Å²) >= 11 is 0. The summed E-state index contributed by atoms with van der Waals surface area (Å²) in [6.45, 7) is -0.0536. The molecule has 0 aliphatic rings. The number of carbonyl (C=O) groups is 3. The topological polar surface area (TPSA) is 149 Å². The highest BCUT2D eigenvalue weighted by Gasteiger charge is 2.19. The molecule has 0 amide bonds. The Hall–Kier alpha value is -5.35. The highest BCUT2D eigenvalue weighted by atomic mass is 17.2. The monoisotopic (exact) mass is 516 g/mol. The Bertz CT molecular complexity index is 1460. The molecule has 3 N–H and O–H groups in total. The molecule has 0 saturated heterocycles. The number of carbonyl (C=O) groups excluding carboxylic acids is 1. The quantitative estimate of drug-likeness (QED) is 0.110. The van der Waals surface area contributed by atoms with E-state index < -0.39 is 17.9 Å². The fraction of sp³-hybridized carbons (Fsp3) is 0.0357. The fourth-order valence-corrected chi connectivity index (χ4v) is 3.34. The molecule has 0 aliphatic carbocycles. The summed E-state index contributed by atoms with van der Waals surface area (Å²) in [6.07, 6.45) is 0. The summed E-state index contributed by atoms with van der Waals surface area (Å²) in [5.74, 6) is -2.14. The van der Waals surface area contributed by atoms with Crippen LogP contribution in [-0.2, 0) is 11.5 Å². The van der Waals surface area contributed by atoms with Gasteiger partial charge in [0.2, 0.25) is 0 Å². The maximum absolute atomic E-state index is 12.4. The molecular formula is C28H20O10.